The first-order chi connectivity index (χ1) is 10.2. The number of rotatable bonds is 6. The molecule has 0 aromatic heterocycles. The lowest BCUT2D eigenvalue weighted by atomic mass is 10.1. The van der Waals surface area contributed by atoms with Gasteiger partial charge in [-0.1, -0.05) is 6.92 Å². The van der Waals surface area contributed by atoms with Crippen LogP contribution in [0.1, 0.15) is 26.2 Å². The Balaban J connectivity index is 0.00000242. The van der Waals surface area contributed by atoms with Crippen molar-refractivity contribution in [1.29, 1.82) is 0 Å². The SMILES string of the molecule is CCCN1CCC(CNC(=NC)N(C)CC2CCOC2)C1.I. The zero-order valence-electron chi connectivity index (χ0n) is 14.4. The molecule has 2 aliphatic heterocycles. The van der Waals surface area contributed by atoms with Crippen LogP contribution in [0.3, 0.4) is 0 Å². The Bertz CT molecular complexity index is 334. The molecule has 2 fully saturated rings. The van der Waals surface area contributed by atoms with Crippen LogP contribution in [-0.4, -0.2) is 75.8 Å². The average Bonchev–Trinajstić information content (AvgIpc) is 3.12. The average molecular weight is 424 g/mol. The van der Waals surface area contributed by atoms with Gasteiger partial charge in [0.2, 0.25) is 0 Å². The summed E-state index contributed by atoms with van der Waals surface area (Å²) >= 11 is 0. The Hall–Kier alpha value is -0.0800. The lowest BCUT2D eigenvalue weighted by molar-refractivity contribution is 0.181. The molecule has 2 aliphatic rings. The molecule has 1 N–H and O–H groups in total. The Labute approximate surface area is 152 Å². The van der Waals surface area contributed by atoms with E-state index in [0.717, 1.165) is 38.2 Å². The van der Waals surface area contributed by atoms with Gasteiger partial charge in [0, 0.05) is 46.3 Å². The molecule has 0 saturated carbocycles. The van der Waals surface area contributed by atoms with Crippen molar-refractivity contribution in [1.82, 2.24) is 15.1 Å². The molecule has 2 heterocycles. The van der Waals surface area contributed by atoms with Gasteiger partial charge < -0.3 is 19.9 Å². The number of hydrogen-bond acceptors (Lipinski definition) is 3. The third-order valence-corrected chi connectivity index (χ3v) is 4.59. The molecule has 22 heavy (non-hydrogen) atoms. The highest BCUT2D eigenvalue weighted by atomic mass is 127. The van der Waals surface area contributed by atoms with E-state index < -0.39 is 0 Å². The molecule has 2 unspecified atom stereocenters. The summed E-state index contributed by atoms with van der Waals surface area (Å²) < 4.78 is 5.45. The van der Waals surface area contributed by atoms with Crippen LogP contribution in [-0.2, 0) is 4.74 Å². The van der Waals surface area contributed by atoms with E-state index in [4.69, 9.17) is 4.74 Å². The molecule has 2 atom stereocenters. The van der Waals surface area contributed by atoms with Gasteiger partial charge in [0.15, 0.2) is 5.96 Å². The van der Waals surface area contributed by atoms with Gasteiger partial charge in [0.25, 0.3) is 0 Å². The maximum absolute atomic E-state index is 5.45. The van der Waals surface area contributed by atoms with Gasteiger partial charge in [-0.05, 0) is 38.3 Å². The highest BCUT2D eigenvalue weighted by molar-refractivity contribution is 14.0. The number of ether oxygens (including phenoxy) is 1. The molecule has 0 radical (unpaired) electrons. The third-order valence-electron chi connectivity index (χ3n) is 4.59. The van der Waals surface area contributed by atoms with Crippen molar-refractivity contribution >= 4 is 29.9 Å². The second kappa shape index (κ2) is 10.6. The van der Waals surface area contributed by atoms with Gasteiger partial charge >= 0.3 is 0 Å². The summed E-state index contributed by atoms with van der Waals surface area (Å²) in [6.07, 6.45) is 3.74. The summed E-state index contributed by atoms with van der Waals surface area (Å²) in [6, 6.07) is 0. The van der Waals surface area contributed by atoms with Gasteiger partial charge in [0.1, 0.15) is 0 Å². The van der Waals surface area contributed by atoms with E-state index in [9.17, 15) is 0 Å². The smallest absolute Gasteiger partial charge is 0.193 e. The van der Waals surface area contributed by atoms with Gasteiger partial charge in [-0.15, -0.1) is 24.0 Å². The lowest BCUT2D eigenvalue weighted by Gasteiger charge is -2.25. The van der Waals surface area contributed by atoms with Crippen LogP contribution in [0.5, 0.6) is 0 Å². The van der Waals surface area contributed by atoms with E-state index in [2.05, 4.69) is 34.1 Å². The van der Waals surface area contributed by atoms with E-state index in [0.29, 0.717) is 5.92 Å². The summed E-state index contributed by atoms with van der Waals surface area (Å²) in [5, 5.41) is 3.56. The number of nitrogens with zero attached hydrogens (tertiary/aromatic N) is 3. The first-order valence-corrected chi connectivity index (χ1v) is 8.44. The van der Waals surface area contributed by atoms with Gasteiger partial charge in [-0.3, -0.25) is 4.99 Å². The quantitative estimate of drug-likeness (QED) is 0.402. The summed E-state index contributed by atoms with van der Waals surface area (Å²) in [4.78, 5) is 9.25. The maximum Gasteiger partial charge on any atom is 0.193 e. The van der Waals surface area contributed by atoms with Crippen LogP contribution in [0.25, 0.3) is 0 Å². The second-order valence-corrected chi connectivity index (χ2v) is 6.49. The minimum atomic E-state index is 0. The van der Waals surface area contributed by atoms with E-state index in [-0.39, 0.29) is 24.0 Å². The fourth-order valence-electron chi connectivity index (χ4n) is 3.42. The minimum absolute atomic E-state index is 0. The normalized spacial score (nSPS) is 26.0. The van der Waals surface area contributed by atoms with Crippen LogP contribution in [0.4, 0.5) is 0 Å². The number of nitrogens with one attached hydrogen (secondary N) is 1. The third kappa shape index (κ3) is 6.20. The summed E-state index contributed by atoms with van der Waals surface area (Å²) in [7, 11) is 4.01. The van der Waals surface area contributed by atoms with Crippen molar-refractivity contribution in [2.24, 2.45) is 16.8 Å². The highest BCUT2D eigenvalue weighted by Crippen LogP contribution is 2.16. The molecule has 0 amide bonds. The number of halogens is 1. The van der Waals surface area contributed by atoms with Crippen molar-refractivity contribution in [2.75, 3.05) is 60.0 Å². The number of guanidine groups is 1. The number of aliphatic imine (C=N–C) groups is 1. The molecule has 0 aromatic carbocycles. The van der Waals surface area contributed by atoms with Crippen molar-refractivity contribution in [3.05, 3.63) is 0 Å². The zero-order chi connectivity index (χ0) is 15.1. The topological polar surface area (TPSA) is 40.1 Å². The Morgan fingerprint density at radius 1 is 1.36 bits per heavy atom. The highest BCUT2D eigenvalue weighted by Gasteiger charge is 2.23. The minimum Gasteiger partial charge on any atom is -0.381 e. The first kappa shape index (κ1) is 20.0. The Kier molecular flexibility index (Phi) is 9.66. The molecule has 0 aromatic rings. The largest absolute Gasteiger partial charge is 0.381 e. The molecular formula is C16H33IN4O. The maximum atomic E-state index is 5.45. The van der Waals surface area contributed by atoms with Crippen molar-refractivity contribution in [3.63, 3.8) is 0 Å². The van der Waals surface area contributed by atoms with E-state index in [1.54, 1.807) is 0 Å². The Morgan fingerprint density at radius 2 is 2.18 bits per heavy atom. The van der Waals surface area contributed by atoms with Gasteiger partial charge in [-0.25, -0.2) is 0 Å². The van der Waals surface area contributed by atoms with Crippen LogP contribution >= 0.6 is 24.0 Å². The zero-order valence-corrected chi connectivity index (χ0v) is 16.7. The van der Waals surface area contributed by atoms with Gasteiger partial charge in [0.05, 0.1) is 6.61 Å². The van der Waals surface area contributed by atoms with Crippen LogP contribution in [0.15, 0.2) is 4.99 Å². The predicted molar refractivity (Wildman–Crippen MR) is 103 cm³/mol. The molecule has 130 valence electrons. The molecule has 0 aliphatic carbocycles. The molecule has 0 bridgehead atoms. The molecular weight excluding hydrogens is 391 g/mol. The molecule has 2 rings (SSSR count). The summed E-state index contributed by atoms with van der Waals surface area (Å²) in [5.41, 5.74) is 0. The van der Waals surface area contributed by atoms with Gasteiger partial charge in [-0.2, -0.15) is 0 Å². The first-order valence-electron chi connectivity index (χ1n) is 8.44. The molecule has 2 saturated heterocycles. The fourth-order valence-corrected chi connectivity index (χ4v) is 3.42. The van der Waals surface area contributed by atoms with E-state index >= 15 is 0 Å². The van der Waals surface area contributed by atoms with Crippen LogP contribution in [0, 0.1) is 11.8 Å². The fraction of sp³-hybridized carbons (Fsp3) is 0.938. The standard InChI is InChI=1S/C16H32N4O.HI/c1-4-7-20-8-5-14(12-20)10-18-16(17-2)19(3)11-15-6-9-21-13-15;/h14-15H,4-13H2,1-3H3,(H,17,18);1H. The van der Waals surface area contributed by atoms with Crippen molar-refractivity contribution in [3.8, 4) is 0 Å². The number of likely N-dealkylation sites (tertiary alicyclic amines) is 1. The lowest BCUT2D eigenvalue weighted by Crippen LogP contribution is -2.43. The summed E-state index contributed by atoms with van der Waals surface area (Å²) in [6.45, 7) is 9.88. The Morgan fingerprint density at radius 3 is 2.82 bits per heavy atom. The van der Waals surface area contributed by atoms with E-state index in [1.165, 1.54) is 38.9 Å². The molecule has 6 heteroatoms. The van der Waals surface area contributed by atoms with Crippen molar-refractivity contribution < 1.29 is 4.74 Å². The predicted octanol–water partition coefficient (Wildman–Crippen LogP) is 1.88. The van der Waals surface area contributed by atoms with E-state index in [1.807, 2.05) is 7.05 Å². The molecule has 0 spiro atoms. The second-order valence-electron chi connectivity index (χ2n) is 6.49. The number of hydrogen-bond donors (Lipinski definition) is 1. The monoisotopic (exact) mass is 424 g/mol. The molecule has 5 nitrogen and oxygen atoms in total. The van der Waals surface area contributed by atoms with Crippen molar-refractivity contribution in [2.45, 2.75) is 26.2 Å². The summed E-state index contributed by atoms with van der Waals surface area (Å²) in [5.74, 6) is 2.44. The van der Waals surface area contributed by atoms with Crippen LogP contribution < -0.4 is 5.32 Å². The van der Waals surface area contributed by atoms with Crippen LogP contribution in [0.2, 0.25) is 0 Å².